The number of hydrogen-bond donors (Lipinski definition) is 1. The summed E-state index contributed by atoms with van der Waals surface area (Å²) in [5.74, 6) is 0.872. The fraction of sp³-hybridized carbons (Fsp3) is 0.308. The Morgan fingerprint density at radius 1 is 1.35 bits per heavy atom. The zero-order valence-corrected chi connectivity index (χ0v) is 10.5. The van der Waals surface area contributed by atoms with E-state index in [2.05, 4.69) is 4.98 Å². The number of nitrogens with zero attached hydrogens (tertiary/aromatic N) is 1. The van der Waals surface area contributed by atoms with Crippen molar-refractivity contribution in [3.05, 3.63) is 30.5 Å². The van der Waals surface area contributed by atoms with Crippen LogP contribution in [0.25, 0.3) is 10.9 Å². The maximum Gasteiger partial charge on any atom is 0.143 e. The largest absolute Gasteiger partial charge is 0.492 e. The van der Waals surface area contributed by atoms with Gasteiger partial charge in [-0.2, -0.15) is 0 Å². The molecule has 0 radical (unpaired) electrons. The predicted octanol–water partition coefficient (Wildman–Crippen LogP) is 2.72. The lowest BCUT2D eigenvalue weighted by molar-refractivity contribution is 0.232. The minimum absolute atomic E-state index is 0.150. The van der Waals surface area contributed by atoms with Crippen LogP contribution in [0.1, 0.15) is 6.42 Å². The molecule has 2 rings (SSSR count). The van der Waals surface area contributed by atoms with Gasteiger partial charge in [-0.1, -0.05) is 12.1 Å². The van der Waals surface area contributed by atoms with Gasteiger partial charge in [-0.15, -0.1) is 11.8 Å². The Hall–Kier alpha value is -1.26. The molecule has 1 N–H and O–H groups in total. The summed E-state index contributed by atoms with van der Waals surface area (Å²) in [6, 6.07) is 7.92. The fourth-order valence-electron chi connectivity index (χ4n) is 1.63. The first-order chi connectivity index (χ1) is 8.36. The molecule has 0 bridgehead atoms. The van der Waals surface area contributed by atoms with Crippen molar-refractivity contribution in [2.45, 2.75) is 11.3 Å². The standard InChI is InChI=1S/C13H15NO2S/c1-17-12-9-14-11-6-3-2-5-10(11)13(12)16-8-4-7-15/h2-3,5-6,9,15H,4,7-8H2,1H3. The van der Waals surface area contributed by atoms with E-state index in [-0.39, 0.29) is 6.61 Å². The summed E-state index contributed by atoms with van der Waals surface area (Å²) in [5.41, 5.74) is 0.935. The van der Waals surface area contributed by atoms with Crippen LogP contribution in [0.2, 0.25) is 0 Å². The molecule has 0 unspecified atom stereocenters. The molecule has 0 amide bonds. The molecule has 0 aliphatic carbocycles. The van der Waals surface area contributed by atoms with E-state index in [1.807, 2.05) is 36.7 Å². The van der Waals surface area contributed by atoms with E-state index < -0.39 is 0 Å². The molecule has 0 aliphatic heterocycles. The van der Waals surface area contributed by atoms with E-state index in [0.29, 0.717) is 13.0 Å². The smallest absolute Gasteiger partial charge is 0.143 e. The Balaban J connectivity index is 2.40. The van der Waals surface area contributed by atoms with Gasteiger partial charge in [0.25, 0.3) is 0 Å². The van der Waals surface area contributed by atoms with E-state index in [1.165, 1.54) is 0 Å². The number of hydrogen-bond acceptors (Lipinski definition) is 4. The van der Waals surface area contributed by atoms with Crippen molar-refractivity contribution >= 4 is 22.7 Å². The Labute approximate surface area is 105 Å². The lowest BCUT2D eigenvalue weighted by Crippen LogP contribution is -2.01. The summed E-state index contributed by atoms with van der Waals surface area (Å²) in [4.78, 5) is 5.42. The first-order valence-corrected chi connectivity index (χ1v) is 6.74. The third-order valence-corrected chi connectivity index (χ3v) is 3.19. The van der Waals surface area contributed by atoms with Crippen LogP contribution in [0.4, 0.5) is 0 Å². The number of aromatic nitrogens is 1. The van der Waals surface area contributed by atoms with Gasteiger partial charge in [-0.05, 0) is 18.4 Å². The van der Waals surface area contributed by atoms with E-state index in [1.54, 1.807) is 11.8 Å². The first-order valence-electron chi connectivity index (χ1n) is 5.52. The van der Waals surface area contributed by atoms with Crippen LogP contribution in [0.3, 0.4) is 0 Å². The van der Waals surface area contributed by atoms with E-state index in [9.17, 15) is 0 Å². The number of aliphatic hydroxyl groups is 1. The molecule has 0 aliphatic rings. The Kier molecular flexibility index (Phi) is 4.23. The van der Waals surface area contributed by atoms with Crippen molar-refractivity contribution in [3.63, 3.8) is 0 Å². The number of thioether (sulfide) groups is 1. The number of fused-ring (bicyclic) bond motifs is 1. The van der Waals surface area contributed by atoms with Crippen LogP contribution >= 0.6 is 11.8 Å². The van der Waals surface area contributed by atoms with Gasteiger partial charge >= 0.3 is 0 Å². The summed E-state index contributed by atoms with van der Waals surface area (Å²) in [6.07, 6.45) is 4.48. The maximum atomic E-state index is 8.79. The summed E-state index contributed by atoms with van der Waals surface area (Å²) in [7, 11) is 0. The summed E-state index contributed by atoms with van der Waals surface area (Å²) in [5, 5.41) is 9.81. The molecule has 0 spiro atoms. The third kappa shape index (κ3) is 2.70. The minimum Gasteiger partial charge on any atom is -0.492 e. The average molecular weight is 249 g/mol. The van der Waals surface area contributed by atoms with Crippen LogP contribution in [-0.2, 0) is 0 Å². The monoisotopic (exact) mass is 249 g/mol. The van der Waals surface area contributed by atoms with Crippen LogP contribution in [0, 0.1) is 0 Å². The highest BCUT2D eigenvalue weighted by atomic mass is 32.2. The molecular weight excluding hydrogens is 234 g/mol. The highest BCUT2D eigenvalue weighted by Gasteiger charge is 2.08. The van der Waals surface area contributed by atoms with Gasteiger partial charge in [0.15, 0.2) is 0 Å². The normalized spacial score (nSPS) is 10.7. The summed E-state index contributed by atoms with van der Waals surface area (Å²) in [6.45, 7) is 0.676. The van der Waals surface area contributed by atoms with E-state index in [4.69, 9.17) is 9.84 Å². The molecule has 3 nitrogen and oxygen atoms in total. The van der Waals surface area contributed by atoms with Gasteiger partial charge in [0, 0.05) is 24.6 Å². The molecule has 1 aromatic carbocycles. The zero-order valence-electron chi connectivity index (χ0n) is 9.72. The molecule has 17 heavy (non-hydrogen) atoms. The molecule has 1 heterocycles. The average Bonchev–Trinajstić information content (AvgIpc) is 2.39. The van der Waals surface area contributed by atoms with Crippen molar-refractivity contribution < 1.29 is 9.84 Å². The topological polar surface area (TPSA) is 42.4 Å². The molecule has 90 valence electrons. The molecule has 0 fully saturated rings. The van der Waals surface area contributed by atoms with Gasteiger partial charge in [0.1, 0.15) is 5.75 Å². The van der Waals surface area contributed by atoms with Crippen molar-refractivity contribution in [3.8, 4) is 5.75 Å². The highest BCUT2D eigenvalue weighted by Crippen LogP contribution is 2.33. The molecule has 0 saturated heterocycles. The fourth-order valence-corrected chi connectivity index (χ4v) is 2.14. The number of para-hydroxylation sites is 1. The number of aliphatic hydroxyl groups excluding tert-OH is 1. The maximum absolute atomic E-state index is 8.79. The SMILES string of the molecule is CSc1cnc2ccccc2c1OCCCO. The Morgan fingerprint density at radius 2 is 2.18 bits per heavy atom. The van der Waals surface area contributed by atoms with Crippen LogP contribution in [0.5, 0.6) is 5.75 Å². The van der Waals surface area contributed by atoms with Crippen molar-refractivity contribution in [2.24, 2.45) is 0 Å². The summed E-state index contributed by atoms with van der Waals surface area (Å²) < 4.78 is 5.76. The van der Waals surface area contributed by atoms with Crippen LogP contribution in [0.15, 0.2) is 35.4 Å². The second-order valence-corrected chi connectivity index (χ2v) is 4.45. The Morgan fingerprint density at radius 3 is 2.94 bits per heavy atom. The van der Waals surface area contributed by atoms with Gasteiger partial charge in [0.05, 0.1) is 17.0 Å². The molecule has 2 aromatic rings. The van der Waals surface area contributed by atoms with Crippen molar-refractivity contribution in [2.75, 3.05) is 19.5 Å². The lowest BCUT2D eigenvalue weighted by Gasteiger charge is -2.12. The van der Waals surface area contributed by atoms with E-state index in [0.717, 1.165) is 21.5 Å². The highest BCUT2D eigenvalue weighted by molar-refractivity contribution is 7.98. The zero-order chi connectivity index (χ0) is 12.1. The summed E-state index contributed by atoms with van der Waals surface area (Å²) >= 11 is 1.62. The first kappa shape index (κ1) is 12.2. The van der Waals surface area contributed by atoms with Crippen LogP contribution in [-0.4, -0.2) is 29.6 Å². The van der Waals surface area contributed by atoms with E-state index >= 15 is 0 Å². The number of benzene rings is 1. The van der Waals surface area contributed by atoms with Crippen molar-refractivity contribution in [1.29, 1.82) is 0 Å². The number of pyridine rings is 1. The van der Waals surface area contributed by atoms with Gasteiger partial charge < -0.3 is 9.84 Å². The predicted molar refractivity (Wildman–Crippen MR) is 70.7 cm³/mol. The lowest BCUT2D eigenvalue weighted by atomic mass is 10.2. The van der Waals surface area contributed by atoms with Gasteiger partial charge in [-0.3, -0.25) is 4.98 Å². The third-order valence-electron chi connectivity index (χ3n) is 2.46. The minimum atomic E-state index is 0.150. The van der Waals surface area contributed by atoms with Gasteiger partial charge in [-0.25, -0.2) is 0 Å². The second-order valence-electron chi connectivity index (χ2n) is 3.60. The van der Waals surface area contributed by atoms with Crippen molar-refractivity contribution in [1.82, 2.24) is 4.98 Å². The number of rotatable bonds is 5. The second kappa shape index (κ2) is 5.89. The quantitative estimate of drug-likeness (QED) is 0.653. The van der Waals surface area contributed by atoms with Crippen LogP contribution < -0.4 is 4.74 Å². The Bertz CT molecular complexity index is 502. The molecule has 0 saturated carbocycles. The van der Waals surface area contributed by atoms with Gasteiger partial charge in [0.2, 0.25) is 0 Å². The number of ether oxygens (including phenoxy) is 1. The molecule has 0 atom stereocenters. The molecule has 4 heteroatoms. The molecular formula is C13H15NO2S. The molecule has 1 aromatic heterocycles.